The number of aryl methyl sites for hydroxylation is 1. The highest BCUT2D eigenvalue weighted by molar-refractivity contribution is 5.97. The number of ether oxygens (including phenoxy) is 2. The number of aromatic nitrogens is 4. The number of hydrogen-bond donors (Lipinski definition) is 2. The van der Waals surface area contributed by atoms with Gasteiger partial charge in [-0.15, -0.1) is 5.10 Å². The zero-order valence-electron chi connectivity index (χ0n) is 23.5. The predicted octanol–water partition coefficient (Wildman–Crippen LogP) is 2.38. The molecule has 2 heterocycles. The van der Waals surface area contributed by atoms with Crippen molar-refractivity contribution < 1.29 is 24.2 Å². The number of aliphatic hydroxyl groups excluding tert-OH is 1. The van der Waals surface area contributed by atoms with E-state index in [1.807, 2.05) is 48.5 Å². The van der Waals surface area contributed by atoms with Crippen LogP contribution >= 0.6 is 0 Å². The van der Waals surface area contributed by atoms with Gasteiger partial charge in [-0.25, -0.2) is 9.67 Å². The van der Waals surface area contributed by atoms with Crippen LogP contribution in [0.5, 0.6) is 11.5 Å². The minimum absolute atomic E-state index is 0.0660. The maximum Gasteiger partial charge on any atom is 0.272 e. The molecule has 0 fully saturated rings. The molecule has 206 valence electrons. The molecule has 11 heteroatoms. The lowest BCUT2D eigenvalue weighted by Crippen LogP contribution is -2.30. The van der Waals surface area contributed by atoms with Crippen molar-refractivity contribution in [2.75, 3.05) is 33.4 Å². The van der Waals surface area contributed by atoms with Crippen LogP contribution in [0, 0.1) is 13.8 Å². The molecule has 0 saturated carbocycles. The average Bonchev–Trinajstić information content (AvgIpc) is 3.20. The molecule has 38 heavy (non-hydrogen) atoms. The summed E-state index contributed by atoms with van der Waals surface area (Å²) in [5.41, 5.74) is 3.54. The van der Waals surface area contributed by atoms with Crippen LogP contribution in [0.15, 0.2) is 17.1 Å². The lowest BCUT2D eigenvalue weighted by molar-refractivity contribution is 0.0944. The fraction of sp³-hybridized carbons (Fsp3) is 0.519. The molecule has 2 N–H and O–H groups in total. The Kier molecular flexibility index (Phi) is 8.93. The monoisotopic (exact) mass is 526 g/mol. The van der Waals surface area contributed by atoms with Crippen molar-refractivity contribution in [1.29, 1.82) is 0 Å². The van der Waals surface area contributed by atoms with Crippen LogP contribution < -0.4 is 20.4 Å². The highest BCUT2D eigenvalue weighted by Crippen LogP contribution is 2.40. The van der Waals surface area contributed by atoms with E-state index < -0.39 is 0 Å². The number of methoxy groups -OCH3 is 1. The average molecular weight is 527 g/mol. The Morgan fingerprint density at radius 2 is 1.84 bits per heavy atom. The van der Waals surface area contributed by atoms with Crippen LogP contribution in [0.4, 0.5) is 0 Å². The van der Waals surface area contributed by atoms with Crippen LogP contribution in [0.3, 0.4) is 0 Å². The normalized spacial score (nSPS) is 12.2. The van der Waals surface area contributed by atoms with Gasteiger partial charge in [0.1, 0.15) is 13.2 Å². The molecule has 1 amide bonds. The van der Waals surface area contributed by atoms with E-state index in [4.69, 9.17) is 9.47 Å². The van der Waals surface area contributed by atoms with E-state index in [1.165, 1.54) is 9.20 Å². The van der Waals surface area contributed by atoms with E-state index in [-0.39, 0.29) is 42.6 Å². The van der Waals surface area contributed by atoms with Gasteiger partial charge < -0.3 is 19.9 Å². The molecule has 0 atom stereocenters. The molecule has 0 aliphatic heterocycles. The Balaban J connectivity index is 2.15. The first-order valence-corrected chi connectivity index (χ1v) is 12.7. The van der Waals surface area contributed by atoms with Crippen molar-refractivity contribution >= 4 is 17.3 Å². The van der Waals surface area contributed by atoms with Gasteiger partial charge in [-0.05, 0) is 50.8 Å². The molecule has 1 aromatic carbocycles. The second-order valence-electron chi connectivity index (χ2n) is 9.93. The van der Waals surface area contributed by atoms with Crippen molar-refractivity contribution in [3.63, 3.8) is 0 Å². The number of Topliss-reactive ketones (excluding diaryl/α,β-unsaturated/α-hetero) is 1. The quantitative estimate of drug-likeness (QED) is 0.388. The maximum absolute atomic E-state index is 13.6. The van der Waals surface area contributed by atoms with E-state index in [0.717, 1.165) is 11.1 Å². The molecule has 2 aromatic heterocycles. The van der Waals surface area contributed by atoms with E-state index in [1.54, 1.807) is 19.2 Å². The topological polar surface area (TPSA) is 132 Å². The largest absolute Gasteiger partial charge is 0.493 e. The van der Waals surface area contributed by atoms with Crippen molar-refractivity contribution in [1.82, 2.24) is 24.7 Å². The molecule has 0 aliphatic carbocycles. The summed E-state index contributed by atoms with van der Waals surface area (Å²) >= 11 is 0. The van der Waals surface area contributed by atoms with Gasteiger partial charge in [-0.3, -0.25) is 9.59 Å². The van der Waals surface area contributed by atoms with Gasteiger partial charge in [0.15, 0.2) is 28.6 Å². The van der Waals surface area contributed by atoms with Gasteiger partial charge >= 0.3 is 0 Å². The van der Waals surface area contributed by atoms with E-state index in [0.29, 0.717) is 47.0 Å². The van der Waals surface area contributed by atoms with Crippen molar-refractivity contribution in [3.8, 4) is 11.5 Å². The summed E-state index contributed by atoms with van der Waals surface area (Å²) in [5, 5.41) is 21.3. The van der Waals surface area contributed by atoms with Gasteiger partial charge in [-0.1, -0.05) is 20.8 Å². The third kappa shape index (κ3) is 5.72. The van der Waals surface area contributed by atoms with Crippen LogP contribution in [-0.4, -0.2) is 69.6 Å². The number of carbonyl (C=O) groups is 2. The van der Waals surface area contributed by atoms with Crippen LogP contribution in [0.25, 0.3) is 5.65 Å². The summed E-state index contributed by atoms with van der Waals surface area (Å²) < 4.78 is 14.4. The molecule has 0 aliphatic rings. The Morgan fingerprint density at radius 1 is 1.13 bits per heavy atom. The molecule has 3 rings (SSSR count). The number of ketones is 1. The molecular formula is C27H38N6O5. The number of rotatable bonds is 10. The Labute approximate surface area is 222 Å². The first-order chi connectivity index (χ1) is 18.0. The summed E-state index contributed by atoms with van der Waals surface area (Å²) in [7, 11) is 1.55. The Hall–Kier alpha value is -3.73. The van der Waals surface area contributed by atoms with E-state index in [9.17, 15) is 14.7 Å². The van der Waals surface area contributed by atoms with Crippen molar-refractivity contribution in [2.45, 2.75) is 60.4 Å². The lowest BCUT2D eigenvalue weighted by atomic mass is 9.84. The summed E-state index contributed by atoms with van der Waals surface area (Å²) in [5.74, 6) is 0.414. The SMILES string of the molecule is CC/N=c1\n(CC(=O)c2cc(OCCO)c(OC)c(C(C)(C)C)c2)nc2c(C)c(C)c(C(=O)NCC)nn12. The summed E-state index contributed by atoms with van der Waals surface area (Å²) in [6.45, 7) is 14.2. The van der Waals surface area contributed by atoms with Gasteiger partial charge in [0.25, 0.3) is 5.91 Å². The zero-order valence-corrected chi connectivity index (χ0v) is 23.5. The fourth-order valence-electron chi connectivity index (χ4n) is 4.13. The van der Waals surface area contributed by atoms with Gasteiger partial charge in [0.05, 0.1) is 13.7 Å². The number of fused-ring (bicyclic) bond motifs is 1. The smallest absolute Gasteiger partial charge is 0.272 e. The summed E-state index contributed by atoms with van der Waals surface area (Å²) in [4.78, 5) is 30.8. The third-order valence-corrected chi connectivity index (χ3v) is 6.17. The van der Waals surface area contributed by atoms with E-state index in [2.05, 4.69) is 20.5 Å². The number of benzene rings is 1. The molecule has 11 nitrogen and oxygen atoms in total. The highest BCUT2D eigenvalue weighted by atomic mass is 16.5. The van der Waals surface area contributed by atoms with Crippen LogP contribution in [-0.2, 0) is 12.0 Å². The number of nitrogens with one attached hydrogen (secondary N) is 1. The van der Waals surface area contributed by atoms with Crippen LogP contribution in [0.2, 0.25) is 0 Å². The fourth-order valence-corrected chi connectivity index (χ4v) is 4.13. The predicted molar refractivity (Wildman–Crippen MR) is 143 cm³/mol. The van der Waals surface area contributed by atoms with Gasteiger partial charge in [0.2, 0.25) is 5.62 Å². The van der Waals surface area contributed by atoms with Gasteiger partial charge in [-0.2, -0.15) is 9.61 Å². The number of amides is 1. The molecule has 3 aromatic rings. The molecule has 0 bridgehead atoms. The Morgan fingerprint density at radius 3 is 2.42 bits per heavy atom. The van der Waals surface area contributed by atoms with Crippen LogP contribution in [0.1, 0.15) is 72.2 Å². The van der Waals surface area contributed by atoms with E-state index >= 15 is 0 Å². The number of aliphatic hydroxyl groups is 1. The number of hydrogen-bond acceptors (Lipinski definition) is 8. The molecule has 0 spiro atoms. The van der Waals surface area contributed by atoms with Crippen molar-refractivity contribution in [2.24, 2.45) is 4.99 Å². The zero-order chi connectivity index (χ0) is 28.2. The minimum atomic E-state index is -0.341. The molecule has 0 radical (unpaired) electrons. The highest BCUT2D eigenvalue weighted by Gasteiger charge is 2.26. The molecule has 0 saturated heterocycles. The minimum Gasteiger partial charge on any atom is -0.493 e. The molecule has 0 unspecified atom stereocenters. The Bertz CT molecular complexity index is 1410. The van der Waals surface area contributed by atoms with Gasteiger partial charge in [0, 0.05) is 29.8 Å². The lowest BCUT2D eigenvalue weighted by Gasteiger charge is -2.25. The standard InChI is InChI=1S/C27H38N6O5/c1-9-28-25(36)22-16(3)17(4)24-31-32(26(29-10-2)33(24)30-22)15-20(35)18-13-19(27(5,6)7)23(37-8)21(14-18)38-12-11-34/h13-14,34H,9-12,15H2,1-8H3,(H,28,36)/b29-26+. The second-order valence-corrected chi connectivity index (χ2v) is 9.93. The summed E-state index contributed by atoms with van der Waals surface area (Å²) in [6, 6.07) is 3.43. The number of carbonyl (C=O) groups excluding carboxylic acids is 2. The third-order valence-electron chi connectivity index (χ3n) is 6.17. The first-order valence-electron chi connectivity index (χ1n) is 12.7. The number of nitrogens with zero attached hydrogens (tertiary/aromatic N) is 5. The molecular weight excluding hydrogens is 488 g/mol. The second kappa shape index (κ2) is 11.8. The maximum atomic E-state index is 13.6. The summed E-state index contributed by atoms with van der Waals surface area (Å²) in [6.07, 6.45) is 0. The first kappa shape index (κ1) is 28.8. The van der Waals surface area contributed by atoms with Crippen molar-refractivity contribution in [3.05, 3.63) is 45.7 Å².